The second-order valence-corrected chi connectivity index (χ2v) is 8.64. The summed E-state index contributed by atoms with van der Waals surface area (Å²) >= 11 is 0.949. The molecule has 3 aliphatic rings. The second-order valence-electron chi connectivity index (χ2n) is 7.46. The first-order chi connectivity index (χ1) is 15.3. The number of methoxy groups -OCH3 is 1. The number of carboxylic acids is 1. The minimum atomic E-state index is -1.18. The number of imide groups is 1. The van der Waals surface area contributed by atoms with E-state index < -0.39 is 40.8 Å². The van der Waals surface area contributed by atoms with Gasteiger partial charge in [0.25, 0.3) is 0 Å². The van der Waals surface area contributed by atoms with Crippen LogP contribution in [0.15, 0.2) is 53.1 Å². The molecule has 2 aromatic rings. The molecule has 10 heteroatoms. The highest BCUT2D eigenvalue weighted by molar-refractivity contribution is 8.04. The summed E-state index contributed by atoms with van der Waals surface area (Å²) < 4.78 is 10.8. The number of rotatable bonds is 3. The SMILES string of the molecule is COc1cccc2c1OC(=O)C1=C(N)SC3C(=O)N(c4cccc(C(=O)O)c4)C(=O)C3C12. The van der Waals surface area contributed by atoms with Crippen LogP contribution in [-0.2, 0) is 14.4 Å². The highest BCUT2D eigenvalue weighted by Gasteiger charge is 2.58. The van der Waals surface area contributed by atoms with Gasteiger partial charge in [0.1, 0.15) is 5.25 Å². The lowest BCUT2D eigenvalue weighted by Crippen LogP contribution is -2.39. The zero-order valence-electron chi connectivity index (χ0n) is 16.6. The predicted octanol–water partition coefficient (Wildman–Crippen LogP) is 1.87. The van der Waals surface area contributed by atoms with E-state index in [0.29, 0.717) is 11.3 Å². The Morgan fingerprint density at radius 3 is 2.62 bits per heavy atom. The predicted molar refractivity (Wildman–Crippen MR) is 113 cm³/mol. The van der Waals surface area contributed by atoms with Crippen molar-refractivity contribution in [3.05, 3.63) is 64.2 Å². The minimum absolute atomic E-state index is 0.0553. The molecule has 1 saturated heterocycles. The molecular weight excluding hydrogens is 436 g/mol. The third-order valence-corrected chi connectivity index (χ3v) is 7.04. The number of ether oxygens (including phenoxy) is 2. The largest absolute Gasteiger partial charge is 0.493 e. The minimum Gasteiger partial charge on any atom is -0.493 e. The van der Waals surface area contributed by atoms with Gasteiger partial charge in [-0.2, -0.15) is 0 Å². The molecule has 1 fully saturated rings. The first-order valence-corrected chi connectivity index (χ1v) is 10.5. The van der Waals surface area contributed by atoms with E-state index in [0.717, 1.165) is 16.7 Å². The third kappa shape index (κ3) is 2.72. The maximum absolute atomic E-state index is 13.6. The molecule has 0 aliphatic carbocycles. The Bertz CT molecular complexity index is 1250. The fourth-order valence-electron chi connectivity index (χ4n) is 4.45. The highest BCUT2D eigenvalue weighted by atomic mass is 32.2. The maximum Gasteiger partial charge on any atom is 0.342 e. The maximum atomic E-state index is 13.6. The van der Waals surface area contributed by atoms with Crippen LogP contribution < -0.4 is 20.1 Å². The lowest BCUT2D eigenvalue weighted by Gasteiger charge is -2.36. The van der Waals surface area contributed by atoms with Crippen molar-refractivity contribution in [1.82, 2.24) is 0 Å². The summed E-state index contributed by atoms with van der Waals surface area (Å²) in [6, 6.07) is 10.6. The van der Waals surface area contributed by atoms with Crippen molar-refractivity contribution in [2.45, 2.75) is 11.2 Å². The molecule has 2 amide bonds. The van der Waals surface area contributed by atoms with Crippen molar-refractivity contribution < 1.29 is 33.8 Å². The Kier molecular flexibility index (Phi) is 4.48. The Morgan fingerprint density at radius 1 is 1.16 bits per heavy atom. The number of nitrogens with two attached hydrogens (primary N) is 1. The van der Waals surface area contributed by atoms with E-state index in [-0.39, 0.29) is 27.6 Å². The van der Waals surface area contributed by atoms with E-state index in [1.54, 1.807) is 18.2 Å². The van der Waals surface area contributed by atoms with E-state index >= 15 is 0 Å². The lowest BCUT2D eigenvalue weighted by molar-refractivity contribution is -0.132. The number of carbonyl (C=O) groups is 4. The monoisotopic (exact) mass is 452 g/mol. The molecule has 0 radical (unpaired) electrons. The van der Waals surface area contributed by atoms with E-state index in [1.807, 2.05) is 0 Å². The summed E-state index contributed by atoms with van der Waals surface area (Å²) in [7, 11) is 1.43. The molecule has 2 aromatic carbocycles. The number of nitrogens with zero attached hydrogens (tertiary/aromatic N) is 1. The van der Waals surface area contributed by atoms with Gasteiger partial charge in [-0.05, 0) is 24.3 Å². The molecule has 162 valence electrons. The van der Waals surface area contributed by atoms with Crippen LogP contribution in [0.3, 0.4) is 0 Å². The first-order valence-electron chi connectivity index (χ1n) is 9.60. The Labute approximate surface area is 185 Å². The number of para-hydroxylation sites is 1. The van der Waals surface area contributed by atoms with Crippen LogP contribution in [0.4, 0.5) is 5.69 Å². The van der Waals surface area contributed by atoms with Gasteiger partial charge in [0.15, 0.2) is 11.5 Å². The number of hydrogen-bond acceptors (Lipinski definition) is 8. The number of carboxylic acid groups (broad SMARTS) is 1. The fourth-order valence-corrected chi connectivity index (χ4v) is 5.68. The molecule has 0 spiro atoms. The van der Waals surface area contributed by atoms with Crippen LogP contribution >= 0.6 is 11.8 Å². The number of amides is 2. The second kappa shape index (κ2) is 7.13. The molecule has 3 unspecified atom stereocenters. The van der Waals surface area contributed by atoms with Crippen molar-refractivity contribution in [3.8, 4) is 11.5 Å². The van der Waals surface area contributed by atoms with Gasteiger partial charge >= 0.3 is 11.9 Å². The van der Waals surface area contributed by atoms with Crippen molar-refractivity contribution >= 4 is 41.2 Å². The zero-order chi connectivity index (χ0) is 22.7. The molecule has 3 N–H and O–H groups in total. The van der Waals surface area contributed by atoms with Crippen molar-refractivity contribution in [1.29, 1.82) is 0 Å². The van der Waals surface area contributed by atoms with Gasteiger partial charge in [-0.15, -0.1) is 0 Å². The summed E-state index contributed by atoms with van der Waals surface area (Å²) in [6.45, 7) is 0. The molecule has 0 bridgehead atoms. The molecular formula is C22H16N2O7S. The molecule has 5 rings (SSSR count). The van der Waals surface area contributed by atoms with Crippen LogP contribution in [0, 0.1) is 5.92 Å². The number of thioether (sulfide) groups is 1. The topological polar surface area (TPSA) is 136 Å². The van der Waals surface area contributed by atoms with E-state index in [2.05, 4.69) is 0 Å². The zero-order valence-corrected chi connectivity index (χ0v) is 17.4. The molecule has 3 heterocycles. The van der Waals surface area contributed by atoms with Crippen molar-refractivity contribution in [2.75, 3.05) is 12.0 Å². The Morgan fingerprint density at radius 2 is 1.91 bits per heavy atom. The fraction of sp³-hybridized carbons (Fsp3) is 0.182. The quantitative estimate of drug-likeness (QED) is 0.406. The number of benzene rings is 2. The Balaban J connectivity index is 1.65. The van der Waals surface area contributed by atoms with Crippen molar-refractivity contribution in [3.63, 3.8) is 0 Å². The average Bonchev–Trinajstić information content (AvgIpc) is 3.02. The summed E-state index contributed by atoms with van der Waals surface area (Å²) in [5.74, 6) is -4.11. The number of fused-ring (bicyclic) bond motifs is 5. The van der Waals surface area contributed by atoms with Gasteiger partial charge in [-0.25, -0.2) is 14.5 Å². The first kappa shape index (κ1) is 20.1. The average molecular weight is 452 g/mol. The normalized spacial score (nSPS) is 24.0. The molecule has 3 atom stereocenters. The number of carbonyl (C=O) groups excluding carboxylic acids is 3. The van der Waals surface area contributed by atoms with Gasteiger partial charge in [0.05, 0.1) is 34.9 Å². The highest BCUT2D eigenvalue weighted by Crippen LogP contribution is 2.55. The van der Waals surface area contributed by atoms with Crippen LogP contribution in [0.1, 0.15) is 21.8 Å². The molecule has 3 aliphatic heterocycles. The number of anilines is 1. The standard InChI is InChI=1S/C22H16N2O7S/c1-30-12-7-3-6-11-13-14-17(32-18(23)15(13)22(29)31-16(11)12)20(26)24(19(14)25)10-5-2-4-9(8-10)21(27)28/h2-8,13-14,17H,23H2,1H3,(H,27,28). The van der Waals surface area contributed by atoms with Gasteiger partial charge in [0, 0.05) is 11.5 Å². The molecule has 9 nitrogen and oxygen atoms in total. The summed E-state index contributed by atoms with van der Waals surface area (Å²) in [5.41, 5.74) is 6.93. The number of aromatic carboxylic acids is 1. The van der Waals surface area contributed by atoms with Gasteiger partial charge in [-0.1, -0.05) is 30.0 Å². The lowest BCUT2D eigenvalue weighted by atomic mass is 9.77. The van der Waals surface area contributed by atoms with Gasteiger partial charge in [-0.3, -0.25) is 9.59 Å². The number of hydrogen-bond donors (Lipinski definition) is 2. The van der Waals surface area contributed by atoms with Crippen LogP contribution in [-0.4, -0.2) is 41.2 Å². The third-order valence-electron chi connectivity index (χ3n) is 5.82. The van der Waals surface area contributed by atoms with E-state index in [1.165, 1.54) is 31.4 Å². The van der Waals surface area contributed by atoms with E-state index in [9.17, 15) is 24.3 Å². The van der Waals surface area contributed by atoms with Crippen LogP contribution in [0.2, 0.25) is 0 Å². The van der Waals surface area contributed by atoms with Crippen LogP contribution in [0.25, 0.3) is 0 Å². The Hall–Kier alpha value is -3.79. The molecule has 0 saturated carbocycles. The van der Waals surface area contributed by atoms with Gasteiger partial charge in [0.2, 0.25) is 11.8 Å². The molecule has 0 aromatic heterocycles. The summed E-state index contributed by atoms with van der Waals surface area (Å²) in [5, 5.41) is 8.54. The summed E-state index contributed by atoms with van der Waals surface area (Å²) in [4.78, 5) is 52.0. The summed E-state index contributed by atoms with van der Waals surface area (Å²) in [6.07, 6.45) is 0. The smallest absolute Gasteiger partial charge is 0.342 e. The van der Waals surface area contributed by atoms with Crippen LogP contribution in [0.5, 0.6) is 11.5 Å². The van der Waals surface area contributed by atoms with Crippen molar-refractivity contribution in [2.24, 2.45) is 11.7 Å². The van der Waals surface area contributed by atoms with E-state index in [4.69, 9.17) is 15.2 Å². The molecule has 32 heavy (non-hydrogen) atoms. The number of esters is 1. The van der Waals surface area contributed by atoms with Gasteiger partial charge < -0.3 is 20.3 Å².